The van der Waals surface area contributed by atoms with E-state index in [0.717, 1.165) is 5.56 Å². The van der Waals surface area contributed by atoms with E-state index in [-0.39, 0.29) is 11.5 Å². The van der Waals surface area contributed by atoms with Gasteiger partial charge in [-0.3, -0.25) is 0 Å². The van der Waals surface area contributed by atoms with E-state index in [9.17, 15) is 0 Å². The molecule has 1 fully saturated rings. The Kier molecular flexibility index (Phi) is 1.90. The molecule has 1 nitrogen and oxygen atoms in total. The smallest absolute Gasteiger partial charge is 0.0245 e. The second-order valence-corrected chi connectivity index (χ2v) is 4.59. The molecule has 14 heavy (non-hydrogen) atoms. The van der Waals surface area contributed by atoms with Crippen LogP contribution in [0.4, 0.5) is 0 Å². The fourth-order valence-corrected chi connectivity index (χ4v) is 2.14. The molecule has 1 aliphatic rings. The van der Waals surface area contributed by atoms with Crippen molar-refractivity contribution in [3.63, 3.8) is 0 Å². The summed E-state index contributed by atoms with van der Waals surface area (Å²) in [5.41, 5.74) is 8.46. The molecule has 2 atom stereocenters. The van der Waals surface area contributed by atoms with Gasteiger partial charge >= 0.3 is 0 Å². The van der Waals surface area contributed by atoms with Crippen molar-refractivity contribution in [2.45, 2.75) is 25.8 Å². The predicted molar refractivity (Wildman–Crippen MR) is 58.9 cm³/mol. The lowest BCUT2D eigenvalue weighted by Gasteiger charge is -2.02. The molecule has 1 heteroatoms. The van der Waals surface area contributed by atoms with Crippen LogP contribution < -0.4 is 5.73 Å². The van der Waals surface area contributed by atoms with Gasteiger partial charge in [0.15, 0.2) is 0 Å². The Balaban J connectivity index is 2.32. The van der Waals surface area contributed by atoms with E-state index in [1.165, 1.54) is 5.56 Å². The van der Waals surface area contributed by atoms with Crippen molar-refractivity contribution in [1.82, 2.24) is 0 Å². The quantitative estimate of drug-likeness (QED) is 0.666. The van der Waals surface area contributed by atoms with E-state index in [0.29, 0.717) is 5.92 Å². The van der Waals surface area contributed by atoms with Gasteiger partial charge in [0, 0.05) is 17.5 Å². The van der Waals surface area contributed by atoms with Crippen LogP contribution in [0.15, 0.2) is 24.3 Å². The Morgan fingerprint density at radius 2 is 2.07 bits per heavy atom. The summed E-state index contributed by atoms with van der Waals surface area (Å²) in [6.07, 6.45) is 5.36. The second-order valence-electron chi connectivity index (χ2n) is 4.59. The number of hydrogen-bond donors (Lipinski definition) is 1. The molecule has 1 aliphatic carbocycles. The largest absolute Gasteiger partial charge is 0.327 e. The molecule has 0 spiro atoms. The summed E-state index contributed by atoms with van der Waals surface area (Å²) < 4.78 is 0. The highest BCUT2D eigenvalue weighted by molar-refractivity contribution is 5.41. The molecule has 2 N–H and O–H groups in total. The summed E-state index contributed by atoms with van der Waals surface area (Å²) in [6, 6.07) is 8.41. The maximum Gasteiger partial charge on any atom is 0.0245 e. The number of terminal acetylenes is 1. The molecule has 0 bridgehead atoms. The third kappa shape index (κ3) is 1.23. The summed E-state index contributed by atoms with van der Waals surface area (Å²) >= 11 is 0. The first-order valence-electron chi connectivity index (χ1n) is 4.89. The van der Waals surface area contributed by atoms with Crippen molar-refractivity contribution in [3.05, 3.63) is 35.4 Å². The molecule has 0 amide bonds. The van der Waals surface area contributed by atoms with Gasteiger partial charge in [-0.15, -0.1) is 6.42 Å². The number of hydrogen-bond acceptors (Lipinski definition) is 1. The summed E-state index contributed by atoms with van der Waals surface area (Å²) in [4.78, 5) is 0. The van der Waals surface area contributed by atoms with Crippen LogP contribution in [0.25, 0.3) is 0 Å². The first kappa shape index (κ1) is 9.30. The van der Waals surface area contributed by atoms with Crippen LogP contribution in [-0.4, -0.2) is 6.04 Å². The second kappa shape index (κ2) is 2.87. The zero-order chi connectivity index (χ0) is 10.3. The van der Waals surface area contributed by atoms with Gasteiger partial charge in [0.2, 0.25) is 0 Å². The molecule has 0 aliphatic heterocycles. The van der Waals surface area contributed by atoms with E-state index in [1.807, 2.05) is 12.1 Å². The SMILES string of the molecule is C#Cc1cccc([C@H]2[C@H](N)C2(C)C)c1. The average molecular weight is 185 g/mol. The van der Waals surface area contributed by atoms with Crippen LogP contribution in [0.3, 0.4) is 0 Å². The monoisotopic (exact) mass is 185 g/mol. The molecule has 1 aromatic rings. The molecular weight excluding hydrogens is 170 g/mol. The van der Waals surface area contributed by atoms with Crippen molar-refractivity contribution in [1.29, 1.82) is 0 Å². The van der Waals surface area contributed by atoms with Crippen LogP contribution in [0, 0.1) is 17.8 Å². The number of nitrogens with two attached hydrogens (primary N) is 1. The lowest BCUT2D eigenvalue weighted by atomic mass is 10.0. The minimum atomic E-state index is 0.229. The Morgan fingerprint density at radius 1 is 1.43 bits per heavy atom. The molecular formula is C13H15N. The third-order valence-electron chi connectivity index (χ3n) is 3.32. The first-order valence-corrected chi connectivity index (χ1v) is 4.89. The van der Waals surface area contributed by atoms with Gasteiger partial charge in [0.05, 0.1) is 0 Å². The van der Waals surface area contributed by atoms with Crippen LogP contribution >= 0.6 is 0 Å². The number of benzene rings is 1. The van der Waals surface area contributed by atoms with Gasteiger partial charge in [0.1, 0.15) is 0 Å². The average Bonchev–Trinajstić information content (AvgIpc) is 2.66. The summed E-state index contributed by atoms with van der Waals surface area (Å²) in [7, 11) is 0. The minimum absolute atomic E-state index is 0.229. The zero-order valence-corrected chi connectivity index (χ0v) is 8.62. The van der Waals surface area contributed by atoms with Gasteiger partial charge in [-0.25, -0.2) is 0 Å². The van der Waals surface area contributed by atoms with Crippen LogP contribution in [0.1, 0.15) is 30.9 Å². The van der Waals surface area contributed by atoms with Gasteiger partial charge in [-0.1, -0.05) is 31.9 Å². The molecule has 0 radical (unpaired) electrons. The fourth-order valence-electron chi connectivity index (χ4n) is 2.14. The van der Waals surface area contributed by atoms with Gasteiger partial charge in [-0.05, 0) is 23.1 Å². The Hall–Kier alpha value is -1.26. The highest BCUT2D eigenvalue weighted by atomic mass is 14.8. The van der Waals surface area contributed by atoms with E-state index < -0.39 is 0 Å². The summed E-state index contributed by atoms with van der Waals surface area (Å²) in [5, 5.41) is 0. The molecule has 0 heterocycles. The maximum absolute atomic E-state index is 6.02. The highest BCUT2D eigenvalue weighted by Gasteiger charge is 2.55. The first-order chi connectivity index (χ1) is 6.57. The normalized spacial score (nSPS) is 28.1. The van der Waals surface area contributed by atoms with Crippen molar-refractivity contribution >= 4 is 0 Å². The number of rotatable bonds is 1. The molecule has 1 saturated carbocycles. The molecule has 72 valence electrons. The Morgan fingerprint density at radius 3 is 2.57 bits per heavy atom. The van der Waals surface area contributed by atoms with E-state index in [2.05, 4.69) is 31.9 Å². The molecule has 2 rings (SSSR count). The van der Waals surface area contributed by atoms with Crippen molar-refractivity contribution in [2.24, 2.45) is 11.1 Å². The standard InChI is InChI=1S/C13H15N/c1-4-9-6-5-7-10(8-9)11-12(14)13(11,2)3/h1,5-8,11-12H,14H2,2-3H3/t11-,12-/m0/s1. The van der Waals surface area contributed by atoms with Crippen LogP contribution in [0.2, 0.25) is 0 Å². The predicted octanol–water partition coefficient (Wildman–Crippen LogP) is 2.12. The minimum Gasteiger partial charge on any atom is -0.327 e. The van der Waals surface area contributed by atoms with Crippen molar-refractivity contribution in [2.75, 3.05) is 0 Å². The highest BCUT2D eigenvalue weighted by Crippen LogP contribution is 2.57. The van der Waals surface area contributed by atoms with E-state index in [1.54, 1.807) is 0 Å². The Labute approximate surface area is 85.3 Å². The van der Waals surface area contributed by atoms with E-state index in [4.69, 9.17) is 12.2 Å². The fraction of sp³-hybridized carbons (Fsp3) is 0.385. The van der Waals surface area contributed by atoms with Gasteiger partial charge in [0.25, 0.3) is 0 Å². The Bertz CT molecular complexity index is 398. The lowest BCUT2D eigenvalue weighted by Crippen LogP contribution is -2.06. The summed E-state index contributed by atoms with van der Waals surface area (Å²) in [5.74, 6) is 3.12. The molecule has 0 aromatic heterocycles. The third-order valence-corrected chi connectivity index (χ3v) is 3.32. The summed E-state index contributed by atoms with van der Waals surface area (Å²) in [6.45, 7) is 4.40. The maximum atomic E-state index is 6.02. The van der Waals surface area contributed by atoms with Gasteiger partial charge in [-0.2, -0.15) is 0 Å². The van der Waals surface area contributed by atoms with E-state index >= 15 is 0 Å². The lowest BCUT2D eigenvalue weighted by molar-refractivity contribution is 0.599. The topological polar surface area (TPSA) is 26.0 Å². The molecule has 0 saturated heterocycles. The molecule has 0 unspecified atom stereocenters. The van der Waals surface area contributed by atoms with Crippen molar-refractivity contribution in [3.8, 4) is 12.3 Å². The molecule has 1 aromatic carbocycles. The van der Waals surface area contributed by atoms with Gasteiger partial charge < -0.3 is 5.73 Å². The zero-order valence-electron chi connectivity index (χ0n) is 8.62. The van der Waals surface area contributed by atoms with Crippen LogP contribution in [0.5, 0.6) is 0 Å². The van der Waals surface area contributed by atoms with Crippen molar-refractivity contribution < 1.29 is 0 Å². The van der Waals surface area contributed by atoms with Crippen LogP contribution in [-0.2, 0) is 0 Å².